The normalized spacial score (nSPS) is 10.2. The Hall–Kier alpha value is -1.84. The second-order valence-electron chi connectivity index (χ2n) is 4.69. The van der Waals surface area contributed by atoms with Crippen LogP contribution in [0, 0.1) is 25.7 Å². The minimum absolute atomic E-state index is 0. The molecule has 0 aliphatic carbocycles. The van der Waals surface area contributed by atoms with Gasteiger partial charge in [0.25, 0.3) is 0 Å². The van der Waals surface area contributed by atoms with Gasteiger partial charge in [-0.1, -0.05) is 40.5 Å². The van der Waals surface area contributed by atoms with Crippen molar-refractivity contribution in [2.45, 2.75) is 13.8 Å². The molecule has 21 heavy (non-hydrogen) atoms. The van der Waals surface area contributed by atoms with Crippen LogP contribution < -0.4 is 0 Å². The summed E-state index contributed by atoms with van der Waals surface area (Å²) in [4.78, 5) is 3.94. The Labute approximate surface area is 136 Å². The fraction of sp³-hybridized carbons (Fsp3) is 0.125. The number of hydrogen-bond acceptors (Lipinski definition) is 2. The van der Waals surface area contributed by atoms with E-state index in [1.165, 1.54) is 18.5 Å². The fourth-order valence-electron chi connectivity index (χ4n) is 2.41. The van der Waals surface area contributed by atoms with E-state index >= 15 is 0 Å². The maximum absolute atomic E-state index is 13.7. The van der Waals surface area contributed by atoms with Gasteiger partial charge in [0.2, 0.25) is 0 Å². The predicted molar refractivity (Wildman–Crippen MR) is 75.1 cm³/mol. The molecule has 0 aliphatic rings. The van der Waals surface area contributed by atoms with Crippen LogP contribution in [0.4, 0.5) is 4.39 Å². The number of hydrogen-bond donors (Lipinski definition) is 0. The molecule has 109 valence electrons. The summed E-state index contributed by atoms with van der Waals surface area (Å²) in [5.74, 6) is -0.313. The van der Waals surface area contributed by atoms with Crippen molar-refractivity contribution in [3.63, 3.8) is 0 Å². The summed E-state index contributed by atoms with van der Waals surface area (Å²) in [6.07, 6.45) is 3.03. The third kappa shape index (κ3) is 2.94. The van der Waals surface area contributed by atoms with Crippen molar-refractivity contribution in [3.05, 3.63) is 66.0 Å². The van der Waals surface area contributed by atoms with E-state index in [9.17, 15) is 4.39 Å². The predicted octanol–water partition coefficient (Wildman–Crippen LogP) is 3.49. The van der Waals surface area contributed by atoms with Gasteiger partial charge in [0.05, 0.1) is 0 Å². The summed E-state index contributed by atoms with van der Waals surface area (Å²) < 4.78 is 15.3. The average Bonchev–Trinajstić information content (AvgIpc) is 2.92. The Bertz CT molecular complexity index is 734. The van der Waals surface area contributed by atoms with E-state index in [2.05, 4.69) is 16.1 Å². The van der Waals surface area contributed by atoms with Crippen molar-refractivity contribution in [2.75, 3.05) is 0 Å². The Morgan fingerprint density at radius 2 is 1.90 bits per heavy atom. The Morgan fingerprint density at radius 3 is 2.52 bits per heavy atom. The molecule has 0 saturated heterocycles. The van der Waals surface area contributed by atoms with Crippen LogP contribution >= 0.6 is 0 Å². The molecule has 5 heteroatoms. The molecule has 1 aromatic heterocycles. The van der Waals surface area contributed by atoms with Gasteiger partial charge in [-0.25, -0.2) is 9.67 Å². The van der Waals surface area contributed by atoms with Crippen molar-refractivity contribution in [2.24, 2.45) is 0 Å². The number of nitrogens with zero attached hydrogens (tertiary/aromatic N) is 3. The second kappa shape index (κ2) is 6.29. The summed E-state index contributed by atoms with van der Waals surface area (Å²) in [6, 6.07) is 11.8. The SMILES string of the molecule is Cc1cccc(C)c1-c1cc(F)c[c-]c1-n1cncn1.[Ir]. The molecule has 2 aromatic carbocycles. The van der Waals surface area contributed by atoms with Crippen LogP contribution in [0.1, 0.15) is 11.1 Å². The number of benzene rings is 2. The van der Waals surface area contributed by atoms with E-state index in [1.807, 2.05) is 32.0 Å². The van der Waals surface area contributed by atoms with Gasteiger partial charge in [-0.15, -0.1) is 12.1 Å². The van der Waals surface area contributed by atoms with Crippen LogP contribution in [0.3, 0.4) is 0 Å². The molecule has 0 aliphatic heterocycles. The average molecular weight is 459 g/mol. The smallest absolute Gasteiger partial charge is 0.138 e. The zero-order chi connectivity index (χ0) is 14.1. The third-order valence-electron chi connectivity index (χ3n) is 3.28. The van der Waals surface area contributed by atoms with E-state index in [0.29, 0.717) is 5.69 Å². The van der Waals surface area contributed by atoms with Crippen LogP contribution in [0.25, 0.3) is 16.8 Å². The van der Waals surface area contributed by atoms with Crippen molar-refractivity contribution in [3.8, 4) is 16.8 Å². The molecule has 3 nitrogen and oxygen atoms in total. The molecule has 3 aromatic rings. The van der Waals surface area contributed by atoms with Gasteiger partial charge in [-0.2, -0.15) is 11.2 Å². The number of aryl methyl sites for hydroxylation is 2. The minimum atomic E-state index is -0.313. The molecule has 1 radical (unpaired) electrons. The first-order valence-corrected chi connectivity index (χ1v) is 6.29. The molecule has 0 N–H and O–H groups in total. The Kier molecular flexibility index (Phi) is 4.66. The maximum atomic E-state index is 13.7. The summed E-state index contributed by atoms with van der Waals surface area (Å²) in [7, 11) is 0. The molecular formula is C16H13FIrN3-. The van der Waals surface area contributed by atoms with Gasteiger partial charge in [-0.3, -0.25) is 4.39 Å². The van der Waals surface area contributed by atoms with Crippen molar-refractivity contribution < 1.29 is 24.5 Å². The first-order chi connectivity index (χ1) is 9.66. The quantitative estimate of drug-likeness (QED) is 0.551. The van der Waals surface area contributed by atoms with Crippen LogP contribution in [0.5, 0.6) is 0 Å². The molecule has 0 unspecified atom stereocenters. The Morgan fingerprint density at radius 1 is 1.19 bits per heavy atom. The second-order valence-corrected chi connectivity index (χ2v) is 4.69. The summed E-state index contributed by atoms with van der Waals surface area (Å²) in [5.41, 5.74) is 4.65. The first kappa shape index (κ1) is 15.5. The molecule has 0 bridgehead atoms. The number of halogens is 1. The summed E-state index contributed by atoms with van der Waals surface area (Å²) >= 11 is 0. The zero-order valence-electron chi connectivity index (χ0n) is 11.6. The number of rotatable bonds is 2. The zero-order valence-corrected chi connectivity index (χ0v) is 14.0. The topological polar surface area (TPSA) is 30.7 Å². The standard InChI is InChI=1S/C16H13FN3.Ir/c1-11-4-3-5-12(2)16(11)14-8-13(17)6-7-15(14)20-10-18-9-19-20;/h3-6,8-10H,1-2H3;/q-1;. The molecule has 0 saturated carbocycles. The van der Waals surface area contributed by atoms with Crippen LogP contribution in [0.2, 0.25) is 0 Å². The van der Waals surface area contributed by atoms with Crippen LogP contribution in [-0.4, -0.2) is 14.8 Å². The molecular weight excluding hydrogens is 445 g/mol. The summed E-state index contributed by atoms with van der Waals surface area (Å²) in [5, 5.41) is 4.11. The fourth-order valence-corrected chi connectivity index (χ4v) is 2.41. The first-order valence-electron chi connectivity index (χ1n) is 6.29. The third-order valence-corrected chi connectivity index (χ3v) is 3.28. The number of aromatic nitrogens is 3. The molecule has 0 atom stereocenters. The van der Waals surface area contributed by atoms with E-state index < -0.39 is 0 Å². The molecule has 0 fully saturated rings. The van der Waals surface area contributed by atoms with E-state index in [1.54, 1.807) is 11.0 Å². The van der Waals surface area contributed by atoms with Gasteiger partial charge >= 0.3 is 0 Å². The summed E-state index contributed by atoms with van der Waals surface area (Å²) in [6.45, 7) is 4.02. The molecule has 1 heterocycles. The van der Waals surface area contributed by atoms with Gasteiger partial charge in [0.1, 0.15) is 12.7 Å². The van der Waals surface area contributed by atoms with E-state index in [4.69, 9.17) is 0 Å². The van der Waals surface area contributed by atoms with Gasteiger partial charge in [0.15, 0.2) is 0 Å². The molecule has 3 rings (SSSR count). The van der Waals surface area contributed by atoms with E-state index in [0.717, 1.165) is 22.3 Å². The largest absolute Gasteiger partial charge is 0.284 e. The van der Waals surface area contributed by atoms with Crippen LogP contribution in [0.15, 0.2) is 43.0 Å². The van der Waals surface area contributed by atoms with Crippen LogP contribution in [-0.2, 0) is 20.1 Å². The minimum Gasteiger partial charge on any atom is -0.284 e. The van der Waals surface area contributed by atoms with Crippen molar-refractivity contribution in [1.29, 1.82) is 0 Å². The van der Waals surface area contributed by atoms with Gasteiger partial charge in [0, 0.05) is 25.9 Å². The van der Waals surface area contributed by atoms with Crippen molar-refractivity contribution >= 4 is 0 Å². The molecule has 0 amide bonds. The van der Waals surface area contributed by atoms with E-state index in [-0.39, 0.29) is 25.9 Å². The Balaban J connectivity index is 0.00000161. The van der Waals surface area contributed by atoms with Gasteiger partial charge in [-0.05, 0) is 19.5 Å². The molecule has 0 spiro atoms. The monoisotopic (exact) mass is 459 g/mol. The van der Waals surface area contributed by atoms with Gasteiger partial charge < -0.3 is 0 Å². The van der Waals surface area contributed by atoms with Crippen molar-refractivity contribution in [1.82, 2.24) is 14.8 Å². The maximum Gasteiger partial charge on any atom is 0.138 e.